The molecule has 0 saturated heterocycles. The van der Waals surface area contributed by atoms with Crippen LogP contribution >= 0.6 is 0 Å². The maximum atomic E-state index is 12.2. The Morgan fingerprint density at radius 3 is 2.22 bits per heavy atom. The molecule has 0 unspecified atom stereocenters. The summed E-state index contributed by atoms with van der Waals surface area (Å²) in [7, 11) is -2.66. The van der Waals surface area contributed by atoms with Crippen molar-refractivity contribution in [2.24, 2.45) is 5.10 Å². The van der Waals surface area contributed by atoms with Crippen molar-refractivity contribution >= 4 is 21.7 Å². The highest BCUT2D eigenvalue weighted by molar-refractivity contribution is 7.89. The van der Waals surface area contributed by atoms with E-state index in [2.05, 4.69) is 14.7 Å². The van der Waals surface area contributed by atoms with E-state index < -0.39 is 16.0 Å². The summed E-state index contributed by atoms with van der Waals surface area (Å²) in [5.41, 5.74) is 1.27. The number of aryl methyl sites for hydroxylation is 1. The lowest BCUT2D eigenvalue weighted by molar-refractivity contribution is -0.132. The molecule has 0 fully saturated rings. The highest BCUT2D eigenvalue weighted by atomic mass is 32.2. The second-order valence-corrected chi connectivity index (χ2v) is 6.39. The molecule has 6 nitrogen and oxygen atoms in total. The zero-order chi connectivity index (χ0) is 16.9. The van der Waals surface area contributed by atoms with E-state index in [1.165, 1.54) is 19.2 Å². The number of hydrogen-bond acceptors (Lipinski definition) is 5. The molecule has 0 bridgehead atoms. The summed E-state index contributed by atoms with van der Waals surface area (Å²) in [6.07, 6.45) is 0. The quantitative estimate of drug-likeness (QED) is 0.514. The van der Waals surface area contributed by atoms with E-state index in [1.54, 1.807) is 42.5 Å². The average Bonchev–Trinajstić information content (AvgIpc) is 2.56. The van der Waals surface area contributed by atoms with Crippen molar-refractivity contribution in [1.82, 2.24) is 4.83 Å². The average molecular weight is 332 g/mol. The van der Waals surface area contributed by atoms with Crippen molar-refractivity contribution in [3.8, 4) is 0 Å². The van der Waals surface area contributed by atoms with Gasteiger partial charge in [-0.05, 0) is 19.1 Å². The predicted molar refractivity (Wildman–Crippen MR) is 86.5 cm³/mol. The maximum Gasteiger partial charge on any atom is 0.359 e. The molecule has 0 heterocycles. The van der Waals surface area contributed by atoms with Gasteiger partial charge in [-0.15, -0.1) is 0 Å². The minimum absolute atomic E-state index is 0.0594. The molecule has 0 saturated carbocycles. The second-order valence-electron chi connectivity index (χ2n) is 4.73. The van der Waals surface area contributed by atoms with Gasteiger partial charge in [-0.2, -0.15) is 18.4 Å². The summed E-state index contributed by atoms with van der Waals surface area (Å²) in [6.45, 7) is 1.85. The standard InChI is InChI=1S/C16H16N2O4S/c1-12-8-10-14(11-9-12)23(20,21)18-17-15(16(19)22-2)13-6-4-3-5-7-13/h3-11,18H,1-2H3/b17-15-. The molecule has 120 valence electrons. The zero-order valence-corrected chi connectivity index (χ0v) is 13.5. The third-order valence-electron chi connectivity index (χ3n) is 3.03. The summed E-state index contributed by atoms with van der Waals surface area (Å²) in [4.78, 5) is 13.9. The van der Waals surface area contributed by atoms with Crippen LogP contribution in [0.25, 0.3) is 0 Å². The number of esters is 1. The van der Waals surface area contributed by atoms with Crippen molar-refractivity contribution < 1.29 is 17.9 Å². The summed E-state index contributed by atoms with van der Waals surface area (Å²) >= 11 is 0. The van der Waals surface area contributed by atoms with E-state index >= 15 is 0 Å². The number of carbonyl (C=O) groups is 1. The molecular weight excluding hydrogens is 316 g/mol. The number of benzene rings is 2. The van der Waals surface area contributed by atoms with Gasteiger partial charge in [0.2, 0.25) is 0 Å². The number of nitrogens with one attached hydrogen (secondary N) is 1. The first-order chi connectivity index (χ1) is 10.9. The molecule has 0 aliphatic heterocycles. The Morgan fingerprint density at radius 1 is 1.04 bits per heavy atom. The van der Waals surface area contributed by atoms with Crippen LogP contribution in [0.15, 0.2) is 64.6 Å². The highest BCUT2D eigenvalue weighted by Crippen LogP contribution is 2.10. The van der Waals surface area contributed by atoms with E-state index in [4.69, 9.17) is 0 Å². The normalized spacial score (nSPS) is 11.8. The first kappa shape index (κ1) is 16.7. The molecule has 0 radical (unpaired) electrons. The van der Waals surface area contributed by atoms with Crippen molar-refractivity contribution in [3.63, 3.8) is 0 Å². The summed E-state index contributed by atoms with van der Waals surface area (Å²) in [5.74, 6) is -0.734. The van der Waals surface area contributed by atoms with Crippen molar-refractivity contribution in [2.45, 2.75) is 11.8 Å². The first-order valence-electron chi connectivity index (χ1n) is 6.74. The maximum absolute atomic E-state index is 12.2. The third-order valence-corrected chi connectivity index (χ3v) is 4.26. The number of sulfonamides is 1. The number of hydrogen-bond donors (Lipinski definition) is 1. The molecule has 0 aliphatic carbocycles. The largest absolute Gasteiger partial charge is 0.464 e. The number of ether oxygens (including phenoxy) is 1. The van der Waals surface area contributed by atoms with Crippen LogP contribution in [-0.4, -0.2) is 27.2 Å². The molecule has 0 spiro atoms. The Bertz CT molecular complexity index is 813. The van der Waals surface area contributed by atoms with Crippen LogP contribution in [0.5, 0.6) is 0 Å². The van der Waals surface area contributed by atoms with Crippen molar-refractivity contribution in [1.29, 1.82) is 0 Å². The van der Waals surface area contributed by atoms with Crippen LogP contribution in [0.1, 0.15) is 11.1 Å². The summed E-state index contributed by atoms with van der Waals surface area (Å²) in [6, 6.07) is 14.7. The minimum Gasteiger partial charge on any atom is -0.464 e. The second kappa shape index (κ2) is 7.06. The fourth-order valence-corrected chi connectivity index (χ4v) is 2.61. The first-order valence-corrected chi connectivity index (χ1v) is 8.22. The number of nitrogens with zero attached hydrogens (tertiary/aromatic N) is 1. The fraction of sp³-hybridized carbons (Fsp3) is 0.125. The molecular formula is C16H16N2O4S. The van der Waals surface area contributed by atoms with Crippen LogP contribution in [0.3, 0.4) is 0 Å². The monoisotopic (exact) mass is 332 g/mol. The zero-order valence-electron chi connectivity index (χ0n) is 12.7. The summed E-state index contributed by atoms with van der Waals surface area (Å²) < 4.78 is 29.1. The van der Waals surface area contributed by atoms with Crippen LogP contribution in [0.2, 0.25) is 0 Å². The lowest BCUT2D eigenvalue weighted by atomic mass is 10.1. The Morgan fingerprint density at radius 2 is 1.65 bits per heavy atom. The molecule has 7 heteroatoms. The van der Waals surface area contributed by atoms with Gasteiger partial charge in [0.05, 0.1) is 12.0 Å². The van der Waals surface area contributed by atoms with Crippen LogP contribution < -0.4 is 4.83 Å². The van der Waals surface area contributed by atoms with E-state index in [0.717, 1.165) is 5.56 Å². The van der Waals surface area contributed by atoms with Gasteiger partial charge < -0.3 is 4.74 Å². The Hall–Kier alpha value is -2.67. The number of methoxy groups -OCH3 is 1. The molecule has 0 aliphatic rings. The van der Waals surface area contributed by atoms with Gasteiger partial charge in [0, 0.05) is 5.56 Å². The molecule has 2 rings (SSSR count). The SMILES string of the molecule is COC(=O)/C(=N\NS(=O)(=O)c1ccc(C)cc1)c1ccccc1. The predicted octanol–water partition coefficient (Wildman–Crippen LogP) is 1.85. The molecule has 0 atom stereocenters. The molecule has 0 aromatic heterocycles. The molecule has 0 amide bonds. The van der Waals surface area contributed by atoms with E-state index in [1.807, 2.05) is 6.92 Å². The Labute approximate surface area is 134 Å². The summed E-state index contributed by atoms with van der Waals surface area (Å²) in [5, 5.41) is 3.74. The lowest BCUT2D eigenvalue weighted by Gasteiger charge is -2.07. The molecule has 2 aromatic carbocycles. The van der Waals surface area contributed by atoms with E-state index in [-0.39, 0.29) is 10.6 Å². The van der Waals surface area contributed by atoms with Gasteiger partial charge in [0.1, 0.15) is 0 Å². The molecule has 1 N–H and O–H groups in total. The van der Waals surface area contributed by atoms with E-state index in [0.29, 0.717) is 5.56 Å². The van der Waals surface area contributed by atoms with Gasteiger partial charge >= 0.3 is 5.97 Å². The number of carbonyl (C=O) groups excluding carboxylic acids is 1. The minimum atomic E-state index is -3.87. The number of hydrazone groups is 1. The van der Waals surface area contributed by atoms with Gasteiger partial charge in [0.25, 0.3) is 10.0 Å². The van der Waals surface area contributed by atoms with Crippen molar-refractivity contribution in [2.75, 3.05) is 7.11 Å². The topological polar surface area (TPSA) is 84.8 Å². The van der Waals surface area contributed by atoms with Gasteiger partial charge in [-0.3, -0.25) is 0 Å². The lowest BCUT2D eigenvalue weighted by Crippen LogP contribution is -2.25. The third kappa shape index (κ3) is 4.17. The van der Waals surface area contributed by atoms with Crippen LogP contribution in [0.4, 0.5) is 0 Å². The Balaban J connectivity index is 2.33. The Kier molecular flexibility index (Phi) is 5.13. The van der Waals surface area contributed by atoms with Gasteiger partial charge in [0.15, 0.2) is 5.71 Å². The fourth-order valence-electron chi connectivity index (χ4n) is 1.80. The highest BCUT2D eigenvalue weighted by Gasteiger charge is 2.18. The molecule has 23 heavy (non-hydrogen) atoms. The van der Waals surface area contributed by atoms with Gasteiger partial charge in [-0.1, -0.05) is 48.0 Å². The van der Waals surface area contributed by atoms with Gasteiger partial charge in [-0.25, -0.2) is 4.79 Å². The van der Waals surface area contributed by atoms with Crippen LogP contribution in [-0.2, 0) is 19.6 Å². The van der Waals surface area contributed by atoms with Crippen LogP contribution in [0, 0.1) is 6.92 Å². The van der Waals surface area contributed by atoms with Crippen molar-refractivity contribution in [3.05, 3.63) is 65.7 Å². The smallest absolute Gasteiger partial charge is 0.359 e. The number of rotatable bonds is 5. The van der Waals surface area contributed by atoms with E-state index in [9.17, 15) is 13.2 Å². The molecule has 2 aromatic rings.